The molecule has 3 rings (SSSR count). The molecule has 0 aromatic heterocycles. The number of benzene rings is 3. The zero-order chi connectivity index (χ0) is 23.8. The van der Waals surface area contributed by atoms with Crippen LogP contribution < -0.4 is 0 Å². The van der Waals surface area contributed by atoms with E-state index >= 15 is 0 Å². The lowest BCUT2D eigenvalue weighted by Crippen LogP contribution is -2.08. The lowest BCUT2D eigenvalue weighted by atomic mass is 9.91. The van der Waals surface area contributed by atoms with Crippen LogP contribution in [-0.2, 0) is 28.8 Å². The Kier molecular flexibility index (Phi) is 8.65. The van der Waals surface area contributed by atoms with Gasteiger partial charge in [0, 0.05) is 12.0 Å². The van der Waals surface area contributed by atoms with Gasteiger partial charge in [0.2, 0.25) is 0 Å². The highest BCUT2D eigenvalue weighted by Gasteiger charge is 2.10. The van der Waals surface area contributed by atoms with Crippen molar-refractivity contribution in [2.24, 2.45) is 0 Å². The third-order valence-corrected chi connectivity index (χ3v) is 6.21. The molecule has 0 aliphatic heterocycles. The predicted octanol–water partition coefficient (Wildman–Crippen LogP) is 7.90. The van der Waals surface area contributed by atoms with Crippen LogP contribution in [0.1, 0.15) is 55.9 Å². The molecule has 2 nitrogen and oxygen atoms in total. The Morgan fingerprint density at radius 2 is 1.52 bits per heavy atom. The Morgan fingerprint density at radius 3 is 2.18 bits per heavy atom. The molecule has 0 bridgehead atoms. The third kappa shape index (κ3) is 6.44. The maximum atomic E-state index is 11.7. The maximum Gasteiger partial charge on any atom is 0.333 e. The van der Waals surface area contributed by atoms with Crippen LogP contribution in [0.15, 0.2) is 72.8 Å². The van der Waals surface area contributed by atoms with Crippen molar-refractivity contribution in [1.82, 2.24) is 0 Å². The van der Waals surface area contributed by atoms with Crippen molar-refractivity contribution >= 4 is 5.97 Å². The van der Waals surface area contributed by atoms with Crippen molar-refractivity contribution in [3.63, 3.8) is 0 Å². The minimum atomic E-state index is -0.328. The molecule has 0 saturated heterocycles. The fourth-order valence-electron chi connectivity index (χ4n) is 4.08. The summed E-state index contributed by atoms with van der Waals surface area (Å²) in [6.07, 6.45) is 5.28. The van der Waals surface area contributed by atoms with Crippen molar-refractivity contribution in [2.45, 2.75) is 59.8 Å². The van der Waals surface area contributed by atoms with Gasteiger partial charge in [0.25, 0.3) is 0 Å². The summed E-state index contributed by atoms with van der Waals surface area (Å²) in [5.41, 5.74) is 10.6. The van der Waals surface area contributed by atoms with Crippen molar-refractivity contribution in [1.29, 1.82) is 0 Å². The van der Waals surface area contributed by atoms with Crippen molar-refractivity contribution in [3.05, 3.63) is 95.1 Å². The Balaban J connectivity index is 1.82. The molecule has 0 aliphatic carbocycles. The SMILES string of the molecule is C=C(C)C(=O)OCCc1cc(-c2ccc(-c3ccc(CCCC)cc3)cc2CC)ccc1C. The number of carbonyl (C=O) groups excluding carboxylic acids is 1. The van der Waals surface area contributed by atoms with E-state index in [0.29, 0.717) is 18.6 Å². The highest BCUT2D eigenvalue weighted by atomic mass is 16.5. The molecule has 0 fully saturated rings. The van der Waals surface area contributed by atoms with Crippen LogP contribution in [-0.4, -0.2) is 12.6 Å². The number of hydrogen-bond acceptors (Lipinski definition) is 2. The molecule has 3 aromatic rings. The fraction of sp³-hybridized carbons (Fsp3) is 0.323. The highest BCUT2D eigenvalue weighted by molar-refractivity contribution is 5.86. The molecule has 0 atom stereocenters. The summed E-state index contributed by atoms with van der Waals surface area (Å²) in [4.78, 5) is 11.7. The van der Waals surface area contributed by atoms with E-state index in [2.05, 4.69) is 88.0 Å². The second kappa shape index (κ2) is 11.7. The Bertz CT molecular complexity index is 1110. The number of ether oxygens (including phenoxy) is 1. The largest absolute Gasteiger partial charge is 0.462 e. The van der Waals surface area contributed by atoms with Crippen LogP contribution in [0.3, 0.4) is 0 Å². The van der Waals surface area contributed by atoms with Crippen molar-refractivity contribution < 1.29 is 9.53 Å². The van der Waals surface area contributed by atoms with Crippen molar-refractivity contribution in [2.75, 3.05) is 6.61 Å². The van der Waals surface area contributed by atoms with Crippen LogP contribution in [0.5, 0.6) is 0 Å². The van der Waals surface area contributed by atoms with E-state index < -0.39 is 0 Å². The molecule has 0 amide bonds. The molecule has 0 aliphatic rings. The number of aryl methyl sites for hydroxylation is 3. The van der Waals surface area contributed by atoms with Gasteiger partial charge in [-0.3, -0.25) is 0 Å². The van der Waals surface area contributed by atoms with E-state index in [-0.39, 0.29) is 5.97 Å². The van der Waals surface area contributed by atoms with Gasteiger partial charge in [-0.25, -0.2) is 4.79 Å². The van der Waals surface area contributed by atoms with Gasteiger partial charge < -0.3 is 4.74 Å². The van der Waals surface area contributed by atoms with E-state index in [1.165, 1.54) is 57.3 Å². The van der Waals surface area contributed by atoms with E-state index in [9.17, 15) is 4.79 Å². The predicted molar refractivity (Wildman–Crippen MR) is 140 cm³/mol. The molecule has 0 N–H and O–H groups in total. The minimum absolute atomic E-state index is 0.328. The molecule has 0 saturated carbocycles. The molecule has 0 unspecified atom stereocenters. The van der Waals surface area contributed by atoms with Gasteiger partial charge in [-0.05, 0) is 77.6 Å². The molecular formula is C31H36O2. The first-order valence-electron chi connectivity index (χ1n) is 12.1. The van der Waals surface area contributed by atoms with Crippen LogP contribution in [0.25, 0.3) is 22.3 Å². The van der Waals surface area contributed by atoms with Gasteiger partial charge in [-0.2, -0.15) is 0 Å². The quantitative estimate of drug-likeness (QED) is 0.237. The summed E-state index contributed by atoms with van der Waals surface area (Å²) < 4.78 is 5.31. The average molecular weight is 441 g/mol. The number of rotatable bonds is 10. The first-order valence-corrected chi connectivity index (χ1v) is 12.1. The summed E-state index contributed by atoms with van der Waals surface area (Å²) in [5, 5.41) is 0. The molecule has 172 valence electrons. The fourth-order valence-corrected chi connectivity index (χ4v) is 4.08. The third-order valence-electron chi connectivity index (χ3n) is 6.21. The van der Waals surface area contributed by atoms with Gasteiger partial charge in [0.05, 0.1) is 6.61 Å². The monoisotopic (exact) mass is 440 g/mol. The Morgan fingerprint density at radius 1 is 0.848 bits per heavy atom. The average Bonchev–Trinajstić information content (AvgIpc) is 2.83. The van der Waals surface area contributed by atoms with Crippen LogP contribution >= 0.6 is 0 Å². The number of carbonyl (C=O) groups is 1. The van der Waals surface area contributed by atoms with E-state index in [1.54, 1.807) is 6.92 Å². The molecule has 33 heavy (non-hydrogen) atoms. The van der Waals surface area contributed by atoms with Gasteiger partial charge in [-0.1, -0.05) is 87.5 Å². The van der Waals surface area contributed by atoms with E-state index in [1.807, 2.05) is 0 Å². The van der Waals surface area contributed by atoms with E-state index in [4.69, 9.17) is 4.74 Å². The lowest BCUT2D eigenvalue weighted by molar-refractivity contribution is -0.138. The van der Waals surface area contributed by atoms with Gasteiger partial charge in [0.15, 0.2) is 0 Å². The zero-order valence-electron chi connectivity index (χ0n) is 20.5. The first-order chi connectivity index (χ1) is 15.9. The van der Waals surface area contributed by atoms with E-state index in [0.717, 1.165) is 12.8 Å². The number of esters is 1. The van der Waals surface area contributed by atoms with Crippen molar-refractivity contribution in [3.8, 4) is 22.3 Å². The first kappa shape index (κ1) is 24.5. The molecule has 3 aromatic carbocycles. The summed E-state index contributed by atoms with van der Waals surface area (Å²) >= 11 is 0. The summed E-state index contributed by atoms with van der Waals surface area (Å²) in [6.45, 7) is 12.2. The van der Waals surface area contributed by atoms with Gasteiger partial charge in [0.1, 0.15) is 0 Å². The standard InChI is InChI=1S/C31H36O2/c1-6-8-9-24-11-14-26(15-12-24)28-16-17-30(25(7-2)20-28)29-13-10-23(5)27(21-29)18-19-33-31(32)22(3)4/h10-17,20-21H,3,6-9,18-19H2,1-2,4-5H3. The Labute approximate surface area is 199 Å². The lowest BCUT2D eigenvalue weighted by Gasteiger charge is -2.14. The zero-order valence-corrected chi connectivity index (χ0v) is 20.5. The Hall–Kier alpha value is -3.13. The summed E-state index contributed by atoms with van der Waals surface area (Å²) in [7, 11) is 0. The smallest absolute Gasteiger partial charge is 0.333 e. The highest BCUT2D eigenvalue weighted by Crippen LogP contribution is 2.31. The summed E-state index contributed by atoms with van der Waals surface area (Å²) in [5.74, 6) is -0.328. The van der Waals surface area contributed by atoms with Crippen LogP contribution in [0.2, 0.25) is 0 Å². The number of hydrogen-bond donors (Lipinski definition) is 0. The molecule has 0 spiro atoms. The van der Waals surface area contributed by atoms with Gasteiger partial charge in [-0.15, -0.1) is 0 Å². The summed E-state index contributed by atoms with van der Waals surface area (Å²) in [6, 6.07) is 22.4. The van der Waals surface area contributed by atoms with Crippen LogP contribution in [0.4, 0.5) is 0 Å². The van der Waals surface area contributed by atoms with Crippen LogP contribution in [0, 0.1) is 6.92 Å². The normalized spacial score (nSPS) is 10.8. The molecule has 0 heterocycles. The maximum absolute atomic E-state index is 11.7. The molecule has 2 heteroatoms. The molecular weight excluding hydrogens is 404 g/mol. The second-order valence-electron chi connectivity index (χ2n) is 8.83. The molecule has 0 radical (unpaired) electrons. The van der Waals surface area contributed by atoms with Gasteiger partial charge >= 0.3 is 5.97 Å². The second-order valence-corrected chi connectivity index (χ2v) is 8.83. The minimum Gasteiger partial charge on any atom is -0.462 e. The topological polar surface area (TPSA) is 26.3 Å². The number of unbranched alkanes of at least 4 members (excludes halogenated alkanes) is 1.